The van der Waals surface area contributed by atoms with Crippen LogP contribution in [0.25, 0.3) is 11.0 Å². The Balaban J connectivity index is 1.72. The number of H-pyrrole nitrogens is 1. The predicted octanol–water partition coefficient (Wildman–Crippen LogP) is 0.221. The first-order valence-corrected chi connectivity index (χ1v) is 6.43. The highest BCUT2D eigenvalue weighted by Gasteiger charge is 2.11. The summed E-state index contributed by atoms with van der Waals surface area (Å²) in [7, 11) is 2.01. The molecule has 3 rings (SSSR count). The summed E-state index contributed by atoms with van der Waals surface area (Å²) < 4.78 is 1.75. The monoisotopic (exact) mass is 259 g/mol. The molecule has 1 aromatic carbocycles. The Kier molecular flexibility index (Phi) is 2.98. The van der Waals surface area contributed by atoms with Gasteiger partial charge in [-0.2, -0.15) is 0 Å². The second kappa shape index (κ2) is 4.79. The second-order valence-corrected chi connectivity index (χ2v) is 4.65. The molecule has 0 fully saturated rings. The number of nitrogens with one attached hydrogen (secondary N) is 2. The molecule has 1 aliphatic rings. The van der Waals surface area contributed by atoms with E-state index in [1.54, 1.807) is 4.57 Å². The molecule has 0 saturated carbocycles. The fraction of sp³-hybridized carbons (Fsp3) is 0.385. The van der Waals surface area contributed by atoms with Crippen molar-refractivity contribution < 1.29 is 0 Å². The number of aromatic nitrogens is 2. The Morgan fingerprint density at radius 3 is 3.05 bits per heavy atom. The van der Waals surface area contributed by atoms with Gasteiger partial charge in [0.25, 0.3) is 0 Å². The first-order chi connectivity index (χ1) is 9.25. The number of guanidine groups is 1. The van der Waals surface area contributed by atoms with Crippen molar-refractivity contribution in [2.24, 2.45) is 4.99 Å². The third-order valence-corrected chi connectivity index (χ3v) is 3.36. The molecule has 19 heavy (non-hydrogen) atoms. The fourth-order valence-electron chi connectivity index (χ4n) is 2.33. The van der Waals surface area contributed by atoms with Gasteiger partial charge in [0.05, 0.1) is 17.6 Å². The molecule has 1 aromatic heterocycles. The van der Waals surface area contributed by atoms with Gasteiger partial charge in [0.1, 0.15) is 0 Å². The number of hydrogen-bond donors (Lipinski definition) is 2. The zero-order valence-electron chi connectivity index (χ0n) is 10.9. The Morgan fingerprint density at radius 2 is 2.26 bits per heavy atom. The number of aliphatic imine (C=N–C) groups is 1. The van der Waals surface area contributed by atoms with Crippen molar-refractivity contribution in [3.63, 3.8) is 0 Å². The molecule has 0 amide bonds. The van der Waals surface area contributed by atoms with E-state index in [0.717, 1.165) is 30.1 Å². The Bertz CT molecular complexity index is 669. The number of fused-ring (bicyclic) bond motifs is 1. The Hall–Kier alpha value is -2.24. The van der Waals surface area contributed by atoms with Gasteiger partial charge in [0, 0.05) is 26.7 Å². The van der Waals surface area contributed by atoms with E-state index in [0.29, 0.717) is 13.1 Å². The van der Waals surface area contributed by atoms with E-state index in [4.69, 9.17) is 0 Å². The molecule has 0 spiro atoms. The lowest BCUT2D eigenvalue weighted by molar-refractivity contribution is 0.528. The maximum absolute atomic E-state index is 11.9. The summed E-state index contributed by atoms with van der Waals surface area (Å²) in [5.74, 6) is 0.910. The summed E-state index contributed by atoms with van der Waals surface area (Å²) >= 11 is 0. The van der Waals surface area contributed by atoms with Crippen molar-refractivity contribution in [2.45, 2.75) is 6.54 Å². The first-order valence-electron chi connectivity index (χ1n) is 6.43. The molecule has 0 unspecified atom stereocenters. The van der Waals surface area contributed by atoms with Crippen LogP contribution in [0.4, 0.5) is 0 Å². The minimum Gasteiger partial charge on any atom is -0.354 e. The number of hydrogen-bond acceptors (Lipinski definition) is 4. The standard InChI is InChI=1S/C13H17N5O/c1-17-8-6-14-12(17)15-7-9-18-11-5-3-2-4-10(11)16-13(18)19/h2-5H,6-9H2,1H3,(H,14,15)(H,16,19). The topological polar surface area (TPSA) is 65.4 Å². The number of para-hydroxylation sites is 2. The zero-order valence-corrected chi connectivity index (χ0v) is 10.9. The van der Waals surface area contributed by atoms with Gasteiger partial charge in [-0.1, -0.05) is 12.1 Å². The van der Waals surface area contributed by atoms with E-state index in [1.165, 1.54) is 0 Å². The number of nitrogens with zero attached hydrogens (tertiary/aromatic N) is 3. The minimum absolute atomic E-state index is 0.0651. The van der Waals surface area contributed by atoms with Crippen molar-refractivity contribution in [1.29, 1.82) is 0 Å². The number of benzene rings is 1. The van der Waals surface area contributed by atoms with E-state index in [2.05, 4.69) is 20.2 Å². The number of imidazole rings is 1. The molecule has 0 radical (unpaired) electrons. The molecular formula is C13H17N5O. The lowest BCUT2D eigenvalue weighted by Crippen LogP contribution is -2.38. The lowest BCUT2D eigenvalue weighted by atomic mass is 10.3. The van der Waals surface area contributed by atoms with Crippen LogP contribution in [0.1, 0.15) is 0 Å². The van der Waals surface area contributed by atoms with Crippen LogP contribution >= 0.6 is 0 Å². The summed E-state index contributed by atoms with van der Waals surface area (Å²) in [5, 5.41) is 3.26. The van der Waals surface area contributed by atoms with Gasteiger partial charge in [0.2, 0.25) is 0 Å². The van der Waals surface area contributed by atoms with E-state index >= 15 is 0 Å². The van der Waals surface area contributed by atoms with Gasteiger partial charge in [-0.05, 0) is 12.1 Å². The van der Waals surface area contributed by atoms with Crippen LogP contribution in [0.15, 0.2) is 34.1 Å². The Morgan fingerprint density at radius 1 is 1.42 bits per heavy atom. The Labute approximate surface area is 110 Å². The van der Waals surface area contributed by atoms with Crippen molar-refractivity contribution in [3.8, 4) is 0 Å². The average molecular weight is 259 g/mol. The molecule has 0 bridgehead atoms. The molecule has 0 atom stereocenters. The quantitative estimate of drug-likeness (QED) is 0.829. The average Bonchev–Trinajstić information content (AvgIpc) is 2.94. The summed E-state index contributed by atoms with van der Waals surface area (Å²) in [6, 6.07) is 7.72. The van der Waals surface area contributed by atoms with Crippen LogP contribution in [0.5, 0.6) is 0 Å². The van der Waals surface area contributed by atoms with Crippen molar-refractivity contribution >= 4 is 17.0 Å². The van der Waals surface area contributed by atoms with Crippen LogP contribution in [-0.4, -0.2) is 47.1 Å². The molecule has 1 aliphatic heterocycles. The van der Waals surface area contributed by atoms with Gasteiger partial charge in [-0.25, -0.2) is 4.79 Å². The van der Waals surface area contributed by atoms with Crippen LogP contribution in [0, 0.1) is 0 Å². The van der Waals surface area contributed by atoms with Gasteiger partial charge in [0.15, 0.2) is 5.96 Å². The summed E-state index contributed by atoms with van der Waals surface area (Å²) in [6.45, 7) is 3.10. The smallest absolute Gasteiger partial charge is 0.326 e. The van der Waals surface area contributed by atoms with Crippen LogP contribution in [-0.2, 0) is 6.54 Å². The highest BCUT2D eigenvalue weighted by molar-refractivity contribution is 5.81. The van der Waals surface area contributed by atoms with Gasteiger partial charge < -0.3 is 15.2 Å². The second-order valence-electron chi connectivity index (χ2n) is 4.65. The molecule has 2 aromatic rings. The van der Waals surface area contributed by atoms with Crippen molar-refractivity contribution in [1.82, 2.24) is 19.8 Å². The van der Waals surface area contributed by atoms with Gasteiger partial charge >= 0.3 is 5.69 Å². The normalized spacial score (nSPS) is 15.0. The third kappa shape index (κ3) is 2.21. The molecule has 6 nitrogen and oxygen atoms in total. The SMILES string of the molecule is CN1CCN=C1NCCn1c(=O)[nH]c2ccccc21. The van der Waals surface area contributed by atoms with Crippen LogP contribution in [0.3, 0.4) is 0 Å². The molecule has 2 N–H and O–H groups in total. The molecule has 100 valence electrons. The highest BCUT2D eigenvalue weighted by Crippen LogP contribution is 2.08. The lowest BCUT2D eigenvalue weighted by Gasteiger charge is -2.15. The highest BCUT2D eigenvalue weighted by atomic mass is 16.1. The van der Waals surface area contributed by atoms with Gasteiger partial charge in [-0.15, -0.1) is 0 Å². The van der Waals surface area contributed by atoms with Gasteiger partial charge in [-0.3, -0.25) is 9.56 Å². The largest absolute Gasteiger partial charge is 0.354 e. The number of rotatable bonds is 3. The first kappa shape index (κ1) is 11.8. The minimum atomic E-state index is -0.0651. The van der Waals surface area contributed by atoms with E-state index in [1.807, 2.05) is 31.3 Å². The zero-order chi connectivity index (χ0) is 13.2. The van der Waals surface area contributed by atoms with Crippen molar-refractivity contribution in [3.05, 3.63) is 34.7 Å². The molecule has 0 aliphatic carbocycles. The maximum Gasteiger partial charge on any atom is 0.326 e. The van der Waals surface area contributed by atoms with Crippen molar-refractivity contribution in [2.75, 3.05) is 26.7 Å². The molecular weight excluding hydrogens is 242 g/mol. The maximum atomic E-state index is 11.9. The summed E-state index contributed by atoms with van der Waals surface area (Å²) in [5.41, 5.74) is 1.75. The van der Waals surface area contributed by atoms with Crippen LogP contribution < -0.4 is 11.0 Å². The molecule has 2 heterocycles. The number of likely N-dealkylation sites (N-methyl/N-ethyl adjacent to an activating group) is 1. The molecule has 0 saturated heterocycles. The summed E-state index contributed by atoms with van der Waals surface area (Å²) in [4.78, 5) is 21.2. The predicted molar refractivity (Wildman–Crippen MR) is 75.5 cm³/mol. The van der Waals surface area contributed by atoms with E-state index < -0.39 is 0 Å². The molecule has 6 heteroatoms. The van der Waals surface area contributed by atoms with Crippen LogP contribution in [0.2, 0.25) is 0 Å². The fourth-order valence-corrected chi connectivity index (χ4v) is 2.33. The van der Waals surface area contributed by atoms with E-state index in [9.17, 15) is 4.79 Å². The third-order valence-electron chi connectivity index (χ3n) is 3.36. The number of aromatic amines is 1. The van der Waals surface area contributed by atoms with E-state index in [-0.39, 0.29) is 5.69 Å². The summed E-state index contributed by atoms with van der Waals surface area (Å²) in [6.07, 6.45) is 0.